The second kappa shape index (κ2) is 4.97. The highest BCUT2D eigenvalue weighted by Crippen LogP contribution is 2.33. The van der Waals surface area contributed by atoms with Crippen LogP contribution in [0.3, 0.4) is 0 Å². The zero-order valence-corrected chi connectivity index (χ0v) is 11.7. The second-order valence-electron chi connectivity index (χ2n) is 4.15. The van der Waals surface area contributed by atoms with Crippen molar-refractivity contribution in [2.45, 2.75) is 0 Å². The fourth-order valence-corrected chi connectivity index (χ4v) is 2.40. The summed E-state index contributed by atoms with van der Waals surface area (Å²) in [5, 5.41) is 12.1. The molecular weight excluding hydrogens is 322 g/mol. The summed E-state index contributed by atoms with van der Waals surface area (Å²) >= 11 is 3.21. The van der Waals surface area contributed by atoms with Gasteiger partial charge in [-0.3, -0.25) is 15.1 Å². The molecule has 3 aromatic rings. The molecule has 0 fully saturated rings. The Balaban J connectivity index is 2.34. The van der Waals surface area contributed by atoms with Gasteiger partial charge in [0.2, 0.25) is 0 Å². The van der Waals surface area contributed by atoms with Gasteiger partial charge in [-0.2, -0.15) is 0 Å². The van der Waals surface area contributed by atoms with Crippen LogP contribution < -0.4 is 0 Å². The summed E-state index contributed by atoms with van der Waals surface area (Å²) < 4.78 is 0.575. The summed E-state index contributed by atoms with van der Waals surface area (Å²) in [5.41, 5.74) is 1.80. The van der Waals surface area contributed by atoms with Crippen molar-refractivity contribution in [2.75, 3.05) is 0 Å². The highest BCUT2D eigenvalue weighted by atomic mass is 79.9. The van der Waals surface area contributed by atoms with Gasteiger partial charge in [-0.05, 0) is 28.1 Å². The average molecular weight is 330 g/mol. The number of benzene rings is 1. The van der Waals surface area contributed by atoms with Crippen LogP contribution in [-0.2, 0) is 0 Å². The molecule has 0 saturated carbocycles. The number of hydrogen-bond donors (Lipinski definition) is 0. The van der Waals surface area contributed by atoms with Crippen molar-refractivity contribution >= 4 is 32.5 Å². The number of rotatable bonds is 2. The molecule has 0 spiro atoms. The third-order valence-corrected chi connectivity index (χ3v) is 3.37. The van der Waals surface area contributed by atoms with Crippen LogP contribution in [0.4, 0.5) is 5.69 Å². The van der Waals surface area contributed by atoms with E-state index in [4.69, 9.17) is 0 Å². The van der Waals surface area contributed by atoms with Crippen molar-refractivity contribution in [2.24, 2.45) is 0 Å². The molecule has 0 aliphatic heterocycles. The van der Waals surface area contributed by atoms with E-state index in [1.807, 2.05) is 24.3 Å². The normalized spacial score (nSPS) is 10.7. The van der Waals surface area contributed by atoms with Gasteiger partial charge in [-0.25, -0.2) is 4.98 Å². The fraction of sp³-hybridized carbons (Fsp3) is 0. The van der Waals surface area contributed by atoms with E-state index in [1.165, 1.54) is 6.07 Å². The van der Waals surface area contributed by atoms with E-state index >= 15 is 0 Å². The predicted octanol–water partition coefficient (Wildman–Crippen LogP) is 3.97. The molecule has 5 nitrogen and oxygen atoms in total. The lowest BCUT2D eigenvalue weighted by atomic mass is 10.0. The van der Waals surface area contributed by atoms with E-state index in [0.717, 1.165) is 10.9 Å². The summed E-state index contributed by atoms with van der Waals surface area (Å²) in [6, 6.07) is 10.6. The summed E-state index contributed by atoms with van der Waals surface area (Å²) in [5.74, 6) is 0. The fourth-order valence-electron chi connectivity index (χ4n) is 2.09. The van der Waals surface area contributed by atoms with E-state index < -0.39 is 4.92 Å². The molecule has 0 atom stereocenters. The van der Waals surface area contributed by atoms with E-state index in [9.17, 15) is 10.1 Å². The maximum Gasteiger partial charge on any atom is 0.296 e. The Bertz CT molecular complexity index is 815. The molecule has 6 heteroatoms. The van der Waals surface area contributed by atoms with Gasteiger partial charge in [-0.15, -0.1) is 0 Å². The molecule has 2 heterocycles. The minimum atomic E-state index is -0.428. The molecule has 98 valence electrons. The van der Waals surface area contributed by atoms with Crippen molar-refractivity contribution in [3.63, 3.8) is 0 Å². The molecule has 0 radical (unpaired) electrons. The molecule has 0 bridgehead atoms. The van der Waals surface area contributed by atoms with Crippen molar-refractivity contribution in [3.8, 4) is 11.3 Å². The summed E-state index contributed by atoms with van der Waals surface area (Å²) in [6.45, 7) is 0. The van der Waals surface area contributed by atoms with Crippen LogP contribution in [0.1, 0.15) is 0 Å². The van der Waals surface area contributed by atoms with Gasteiger partial charge in [0.1, 0.15) is 5.69 Å². The maximum atomic E-state index is 11.2. The van der Waals surface area contributed by atoms with Crippen LogP contribution in [-0.4, -0.2) is 14.9 Å². The lowest BCUT2D eigenvalue weighted by Gasteiger charge is -2.06. The molecule has 0 saturated heterocycles. The Morgan fingerprint density at radius 1 is 1.15 bits per heavy atom. The molecule has 3 rings (SSSR count). The highest BCUT2D eigenvalue weighted by molar-refractivity contribution is 9.10. The summed E-state index contributed by atoms with van der Waals surface area (Å²) in [6.07, 6.45) is 3.24. The predicted molar refractivity (Wildman–Crippen MR) is 79.3 cm³/mol. The summed E-state index contributed by atoms with van der Waals surface area (Å²) in [4.78, 5) is 19.2. The number of hydrogen-bond acceptors (Lipinski definition) is 4. The van der Waals surface area contributed by atoms with Crippen LogP contribution in [0.2, 0.25) is 0 Å². The minimum absolute atomic E-state index is 0.0317. The Morgan fingerprint density at radius 3 is 2.80 bits per heavy atom. The summed E-state index contributed by atoms with van der Waals surface area (Å²) in [7, 11) is 0. The molecule has 0 aliphatic carbocycles. The first-order valence-corrected chi connectivity index (χ1v) is 6.60. The Labute approximate surface area is 122 Å². The standard InChI is InChI=1S/C14H8BrN3O2/c15-9-7-13(18(19)20)14(17-8-9)11-3-1-5-12-10(11)4-2-6-16-12/h1-8H. The molecule has 1 aromatic carbocycles. The molecule has 0 N–H and O–H groups in total. The Hall–Kier alpha value is -2.34. The van der Waals surface area contributed by atoms with Crippen molar-refractivity contribution in [3.05, 3.63) is 63.4 Å². The maximum absolute atomic E-state index is 11.2. The zero-order valence-electron chi connectivity index (χ0n) is 10.2. The molecule has 0 amide bonds. The third-order valence-electron chi connectivity index (χ3n) is 2.93. The zero-order chi connectivity index (χ0) is 14.1. The average Bonchev–Trinajstić information content (AvgIpc) is 2.46. The van der Waals surface area contributed by atoms with Gasteiger partial charge < -0.3 is 0 Å². The topological polar surface area (TPSA) is 68.9 Å². The van der Waals surface area contributed by atoms with Crippen LogP contribution >= 0.6 is 15.9 Å². The third kappa shape index (κ3) is 2.14. The number of aromatic nitrogens is 2. The Morgan fingerprint density at radius 2 is 2.00 bits per heavy atom. The van der Waals surface area contributed by atoms with Gasteiger partial charge >= 0.3 is 0 Å². The van der Waals surface area contributed by atoms with Crippen molar-refractivity contribution < 1.29 is 4.92 Å². The lowest BCUT2D eigenvalue weighted by Crippen LogP contribution is -1.95. The van der Waals surface area contributed by atoms with Crippen LogP contribution in [0.25, 0.3) is 22.2 Å². The van der Waals surface area contributed by atoms with Gasteiger partial charge in [0.05, 0.1) is 10.4 Å². The number of nitrogens with zero attached hydrogens (tertiary/aromatic N) is 3. The number of halogens is 1. The number of nitro groups is 1. The first-order chi connectivity index (χ1) is 9.66. The van der Waals surface area contributed by atoms with E-state index in [1.54, 1.807) is 18.5 Å². The molecule has 0 aliphatic rings. The van der Waals surface area contributed by atoms with Gasteiger partial charge in [0.15, 0.2) is 0 Å². The van der Waals surface area contributed by atoms with Crippen molar-refractivity contribution in [1.29, 1.82) is 0 Å². The number of fused-ring (bicyclic) bond motifs is 1. The SMILES string of the molecule is O=[N+]([O-])c1cc(Br)cnc1-c1cccc2ncccc12. The quantitative estimate of drug-likeness (QED) is 0.527. The van der Waals surface area contributed by atoms with Crippen LogP contribution in [0, 0.1) is 10.1 Å². The van der Waals surface area contributed by atoms with E-state index in [0.29, 0.717) is 15.7 Å². The first-order valence-electron chi connectivity index (χ1n) is 5.81. The van der Waals surface area contributed by atoms with Crippen LogP contribution in [0.15, 0.2) is 53.3 Å². The molecule has 2 aromatic heterocycles. The van der Waals surface area contributed by atoms with Crippen LogP contribution in [0.5, 0.6) is 0 Å². The monoisotopic (exact) mass is 329 g/mol. The van der Waals surface area contributed by atoms with Gasteiger partial charge in [0.25, 0.3) is 5.69 Å². The van der Waals surface area contributed by atoms with Crippen molar-refractivity contribution in [1.82, 2.24) is 9.97 Å². The molecule has 20 heavy (non-hydrogen) atoms. The van der Waals surface area contributed by atoms with Gasteiger partial charge in [-0.1, -0.05) is 18.2 Å². The lowest BCUT2D eigenvalue weighted by molar-refractivity contribution is -0.384. The number of pyridine rings is 2. The highest BCUT2D eigenvalue weighted by Gasteiger charge is 2.19. The largest absolute Gasteiger partial charge is 0.296 e. The van der Waals surface area contributed by atoms with E-state index in [2.05, 4.69) is 25.9 Å². The molecule has 0 unspecified atom stereocenters. The van der Waals surface area contributed by atoms with Gasteiger partial charge in [0, 0.05) is 33.9 Å². The smallest absolute Gasteiger partial charge is 0.258 e. The van der Waals surface area contributed by atoms with E-state index in [-0.39, 0.29) is 5.69 Å². The second-order valence-corrected chi connectivity index (χ2v) is 5.07. The minimum Gasteiger partial charge on any atom is -0.258 e. The first kappa shape index (κ1) is 12.7. The molecular formula is C14H8BrN3O2. The Kier molecular flexibility index (Phi) is 3.15.